The predicted octanol–water partition coefficient (Wildman–Crippen LogP) is 4.21. The van der Waals surface area contributed by atoms with Crippen LogP contribution in [0.5, 0.6) is 0 Å². The van der Waals surface area contributed by atoms with Gasteiger partial charge in [0.1, 0.15) is 17.5 Å². The zero-order chi connectivity index (χ0) is 19.9. The van der Waals surface area contributed by atoms with Gasteiger partial charge in [0.25, 0.3) is 0 Å². The van der Waals surface area contributed by atoms with Crippen molar-refractivity contribution >= 4 is 39.8 Å². The first-order valence-electron chi connectivity index (χ1n) is 7.89. The highest BCUT2D eigenvalue weighted by atomic mass is 35.5. The van der Waals surface area contributed by atoms with E-state index < -0.39 is 11.7 Å². The minimum absolute atomic E-state index is 0.0105. The summed E-state index contributed by atoms with van der Waals surface area (Å²) in [5, 5.41) is 10.9. The van der Waals surface area contributed by atoms with Crippen LogP contribution in [0.3, 0.4) is 0 Å². The average Bonchev–Trinajstić information content (AvgIpc) is 3.08. The zero-order valence-electron chi connectivity index (χ0n) is 13.9. The first kappa shape index (κ1) is 18.0. The Bertz CT molecular complexity index is 1170. The first-order chi connectivity index (χ1) is 13.3. The predicted molar refractivity (Wildman–Crippen MR) is 98.6 cm³/mol. The standard InChI is InChI=1S/C17H11ClF3N7/c18-10-6-5-9(17(19,20)21)7-12(10)25-15-14(22)16(24-8-23-15)28-13-4-2-1-3-11(13)26-27-28/h1-8H,22H2,(H,23,24,25). The minimum Gasteiger partial charge on any atom is -0.393 e. The van der Waals surface area contributed by atoms with Gasteiger partial charge in [0, 0.05) is 0 Å². The molecule has 0 amide bonds. The summed E-state index contributed by atoms with van der Waals surface area (Å²) in [5.74, 6) is 0.320. The summed E-state index contributed by atoms with van der Waals surface area (Å²) in [4.78, 5) is 8.13. The second-order valence-electron chi connectivity index (χ2n) is 5.77. The van der Waals surface area contributed by atoms with E-state index in [9.17, 15) is 13.2 Å². The van der Waals surface area contributed by atoms with Gasteiger partial charge in [0.15, 0.2) is 11.6 Å². The fourth-order valence-corrected chi connectivity index (χ4v) is 2.77. The Morgan fingerprint density at radius 1 is 1.07 bits per heavy atom. The summed E-state index contributed by atoms with van der Waals surface area (Å²) >= 11 is 6.02. The number of rotatable bonds is 3. The highest BCUT2D eigenvalue weighted by Crippen LogP contribution is 2.36. The number of nitrogens with zero attached hydrogens (tertiary/aromatic N) is 5. The van der Waals surface area contributed by atoms with E-state index in [1.807, 2.05) is 6.07 Å². The number of hydrogen-bond acceptors (Lipinski definition) is 6. The minimum atomic E-state index is -4.51. The van der Waals surface area contributed by atoms with Crippen LogP contribution in [-0.4, -0.2) is 25.0 Å². The molecule has 28 heavy (non-hydrogen) atoms. The summed E-state index contributed by atoms with van der Waals surface area (Å²) in [6.07, 6.45) is -3.30. The van der Waals surface area contributed by atoms with Crippen molar-refractivity contribution in [1.82, 2.24) is 25.0 Å². The molecule has 2 aromatic carbocycles. The molecule has 2 heterocycles. The van der Waals surface area contributed by atoms with E-state index in [1.54, 1.807) is 18.2 Å². The molecule has 0 fully saturated rings. The molecule has 0 unspecified atom stereocenters. The number of nitrogens with one attached hydrogen (secondary N) is 1. The lowest BCUT2D eigenvalue weighted by Crippen LogP contribution is -2.10. The molecule has 142 valence electrons. The quantitative estimate of drug-likeness (QED) is 0.530. The van der Waals surface area contributed by atoms with E-state index in [0.29, 0.717) is 11.0 Å². The van der Waals surface area contributed by atoms with E-state index in [2.05, 4.69) is 25.6 Å². The molecule has 7 nitrogen and oxygen atoms in total. The van der Waals surface area contributed by atoms with E-state index in [4.69, 9.17) is 17.3 Å². The fraction of sp³-hybridized carbons (Fsp3) is 0.0588. The van der Waals surface area contributed by atoms with E-state index in [1.165, 1.54) is 11.0 Å². The molecule has 0 spiro atoms. The molecule has 0 saturated heterocycles. The maximum Gasteiger partial charge on any atom is 0.416 e. The van der Waals surface area contributed by atoms with E-state index in [0.717, 1.165) is 18.2 Å². The molecule has 3 N–H and O–H groups in total. The molecular formula is C17H11ClF3N7. The van der Waals surface area contributed by atoms with Crippen LogP contribution in [-0.2, 0) is 6.18 Å². The van der Waals surface area contributed by atoms with Crippen LogP contribution < -0.4 is 11.1 Å². The molecule has 0 atom stereocenters. The molecule has 0 aliphatic heterocycles. The van der Waals surface area contributed by atoms with Crippen molar-refractivity contribution in [1.29, 1.82) is 0 Å². The van der Waals surface area contributed by atoms with E-state index >= 15 is 0 Å². The molecule has 11 heteroatoms. The molecule has 2 aromatic heterocycles. The number of alkyl halides is 3. The van der Waals surface area contributed by atoms with Crippen molar-refractivity contribution in [2.75, 3.05) is 11.1 Å². The summed E-state index contributed by atoms with van der Waals surface area (Å²) in [6.45, 7) is 0. The Kier molecular flexibility index (Phi) is 4.27. The largest absolute Gasteiger partial charge is 0.416 e. The van der Waals surface area contributed by atoms with Gasteiger partial charge >= 0.3 is 6.18 Å². The summed E-state index contributed by atoms with van der Waals surface area (Å²) in [7, 11) is 0. The van der Waals surface area contributed by atoms with Gasteiger partial charge in [0.05, 0.1) is 21.8 Å². The Morgan fingerprint density at radius 3 is 2.64 bits per heavy atom. The zero-order valence-corrected chi connectivity index (χ0v) is 14.7. The summed E-state index contributed by atoms with van der Waals surface area (Å²) in [5.41, 5.74) is 6.68. The SMILES string of the molecule is Nc1c(Nc2cc(C(F)(F)F)ccc2Cl)ncnc1-n1nnc2ccccc21. The number of aromatic nitrogens is 5. The monoisotopic (exact) mass is 405 g/mol. The molecule has 0 aliphatic carbocycles. The van der Waals surface area contributed by atoms with Crippen molar-refractivity contribution in [3.05, 3.63) is 59.4 Å². The van der Waals surface area contributed by atoms with Gasteiger partial charge in [-0.2, -0.15) is 17.9 Å². The van der Waals surface area contributed by atoms with Gasteiger partial charge in [0.2, 0.25) is 0 Å². The Labute approximate surface area is 161 Å². The number of halogens is 4. The van der Waals surface area contributed by atoms with Crippen LogP contribution in [0.15, 0.2) is 48.8 Å². The molecule has 0 radical (unpaired) electrons. The maximum atomic E-state index is 13.0. The topological polar surface area (TPSA) is 94.5 Å². The molecule has 0 aliphatic rings. The number of benzene rings is 2. The average molecular weight is 406 g/mol. The Hall–Kier alpha value is -3.40. The van der Waals surface area contributed by atoms with Crippen LogP contribution in [0.1, 0.15) is 5.56 Å². The number of para-hydroxylation sites is 1. The first-order valence-corrected chi connectivity index (χ1v) is 8.27. The molecule has 4 aromatic rings. The third kappa shape index (κ3) is 3.18. The van der Waals surface area contributed by atoms with Gasteiger partial charge in [-0.05, 0) is 30.3 Å². The van der Waals surface area contributed by atoms with E-state index in [-0.39, 0.29) is 28.0 Å². The van der Waals surface area contributed by atoms with Gasteiger partial charge in [-0.15, -0.1) is 5.10 Å². The van der Waals surface area contributed by atoms with Gasteiger partial charge in [-0.1, -0.05) is 28.9 Å². The van der Waals surface area contributed by atoms with Crippen LogP contribution in [0.2, 0.25) is 5.02 Å². The molecule has 4 rings (SSSR count). The highest BCUT2D eigenvalue weighted by Gasteiger charge is 2.31. The van der Waals surface area contributed by atoms with Crippen LogP contribution in [0.25, 0.3) is 16.9 Å². The molecular weight excluding hydrogens is 395 g/mol. The van der Waals surface area contributed by atoms with Crippen LogP contribution in [0, 0.1) is 0 Å². The number of fused-ring (bicyclic) bond motifs is 1. The number of anilines is 3. The molecule has 0 bridgehead atoms. The third-order valence-electron chi connectivity index (χ3n) is 3.96. The number of nitrogen functional groups attached to an aromatic ring is 1. The third-order valence-corrected chi connectivity index (χ3v) is 4.29. The van der Waals surface area contributed by atoms with Gasteiger partial charge < -0.3 is 11.1 Å². The summed E-state index contributed by atoms with van der Waals surface area (Å²) < 4.78 is 40.4. The lowest BCUT2D eigenvalue weighted by Gasteiger charge is -2.14. The van der Waals surface area contributed by atoms with Gasteiger partial charge in [-0.25, -0.2) is 9.97 Å². The Morgan fingerprint density at radius 2 is 1.86 bits per heavy atom. The number of hydrogen-bond donors (Lipinski definition) is 2. The van der Waals surface area contributed by atoms with Crippen molar-refractivity contribution in [2.45, 2.75) is 6.18 Å². The highest BCUT2D eigenvalue weighted by molar-refractivity contribution is 6.33. The van der Waals surface area contributed by atoms with Crippen molar-refractivity contribution in [3.63, 3.8) is 0 Å². The normalized spacial score (nSPS) is 11.7. The smallest absolute Gasteiger partial charge is 0.393 e. The maximum absolute atomic E-state index is 13.0. The van der Waals surface area contributed by atoms with Crippen LogP contribution >= 0.6 is 11.6 Å². The lowest BCUT2D eigenvalue weighted by atomic mass is 10.2. The van der Waals surface area contributed by atoms with Crippen molar-refractivity contribution in [2.24, 2.45) is 0 Å². The second-order valence-corrected chi connectivity index (χ2v) is 6.17. The Balaban J connectivity index is 1.76. The lowest BCUT2D eigenvalue weighted by molar-refractivity contribution is -0.137. The fourth-order valence-electron chi connectivity index (χ4n) is 2.60. The second kappa shape index (κ2) is 6.64. The number of nitrogens with two attached hydrogens (primary N) is 1. The van der Waals surface area contributed by atoms with Crippen molar-refractivity contribution < 1.29 is 13.2 Å². The van der Waals surface area contributed by atoms with Crippen LogP contribution in [0.4, 0.5) is 30.4 Å². The van der Waals surface area contributed by atoms with Gasteiger partial charge in [-0.3, -0.25) is 0 Å². The molecule has 0 saturated carbocycles. The summed E-state index contributed by atoms with van der Waals surface area (Å²) in [6, 6.07) is 10.1. The van der Waals surface area contributed by atoms with Crippen molar-refractivity contribution in [3.8, 4) is 5.82 Å².